The number of amides is 1. The zero-order chi connectivity index (χ0) is 12.6. The molecule has 17 heavy (non-hydrogen) atoms. The van der Waals surface area contributed by atoms with Gasteiger partial charge in [0.25, 0.3) is 0 Å². The predicted octanol–water partition coefficient (Wildman–Crippen LogP) is 1.86. The summed E-state index contributed by atoms with van der Waals surface area (Å²) in [5.41, 5.74) is -0.0556. The van der Waals surface area contributed by atoms with Crippen molar-refractivity contribution >= 4 is 21.8 Å². The van der Waals surface area contributed by atoms with Gasteiger partial charge in [-0.25, -0.2) is 0 Å². The average molecular weight is 308 g/mol. The van der Waals surface area contributed by atoms with Crippen LogP contribution in [0.4, 0.5) is 0 Å². The largest absolute Gasteiger partial charge is 0.382 e. The average Bonchev–Trinajstić information content (AvgIpc) is 2.36. The highest BCUT2D eigenvalue weighted by Crippen LogP contribution is 2.29. The van der Waals surface area contributed by atoms with E-state index in [-0.39, 0.29) is 18.1 Å². The second-order valence-corrected chi connectivity index (χ2v) is 5.13. The van der Waals surface area contributed by atoms with E-state index >= 15 is 0 Å². The molecule has 0 saturated heterocycles. The Morgan fingerprint density at radius 3 is 2.59 bits per heavy atom. The third-order valence-electron chi connectivity index (χ3n) is 3.14. The predicted molar refractivity (Wildman–Crippen MR) is 70.4 cm³/mol. The zero-order valence-corrected chi connectivity index (χ0v) is 12.1. The highest BCUT2D eigenvalue weighted by Gasteiger charge is 2.32. The SMILES string of the molecule is COCCOCC(=O)NC1(CBr)CCCCC1. The minimum absolute atomic E-state index is 0.0255. The number of carbonyl (C=O) groups excluding carboxylic acids is 1. The number of halogens is 1. The molecule has 0 aromatic rings. The Labute approximate surface area is 112 Å². The van der Waals surface area contributed by atoms with E-state index in [9.17, 15) is 4.79 Å². The van der Waals surface area contributed by atoms with E-state index in [0.717, 1.165) is 18.2 Å². The van der Waals surface area contributed by atoms with Crippen molar-refractivity contribution in [1.82, 2.24) is 5.32 Å². The van der Waals surface area contributed by atoms with Crippen molar-refractivity contribution in [2.45, 2.75) is 37.6 Å². The van der Waals surface area contributed by atoms with Crippen LogP contribution in [0.3, 0.4) is 0 Å². The smallest absolute Gasteiger partial charge is 0.246 e. The lowest BCUT2D eigenvalue weighted by Crippen LogP contribution is -2.52. The first-order valence-electron chi connectivity index (χ1n) is 6.16. The molecule has 0 aromatic carbocycles. The first kappa shape index (κ1) is 14.9. The maximum atomic E-state index is 11.7. The highest BCUT2D eigenvalue weighted by atomic mass is 79.9. The van der Waals surface area contributed by atoms with E-state index in [0.29, 0.717) is 13.2 Å². The second-order valence-electron chi connectivity index (χ2n) is 4.57. The molecule has 1 amide bonds. The molecule has 1 aliphatic carbocycles. The van der Waals surface area contributed by atoms with E-state index < -0.39 is 0 Å². The van der Waals surface area contributed by atoms with Gasteiger partial charge in [-0.2, -0.15) is 0 Å². The standard InChI is InChI=1S/C12H22BrNO3/c1-16-7-8-17-9-11(15)14-12(10-13)5-3-2-4-6-12/h2-10H2,1H3,(H,14,15). The summed E-state index contributed by atoms with van der Waals surface area (Å²) < 4.78 is 10.1. The number of hydrogen-bond donors (Lipinski definition) is 1. The molecular formula is C12H22BrNO3. The van der Waals surface area contributed by atoms with Crippen molar-refractivity contribution < 1.29 is 14.3 Å². The fourth-order valence-corrected chi connectivity index (χ4v) is 2.86. The zero-order valence-electron chi connectivity index (χ0n) is 10.5. The normalized spacial score (nSPS) is 18.9. The molecule has 0 atom stereocenters. The van der Waals surface area contributed by atoms with Crippen LogP contribution in [-0.2, 0) is 14.3 Å². The van der Waals surface area contributed by atoms with E-state index in [1.165, 1.54) is 19.3 Å². The topological polar surface area (TPSA) is 47.6 Å². The fraction of sp³-hybridized carbons (Fsp3) is 0.917. The van der Waals surface area contributed by atoms with Crippen molar-refractivity contribution in [3.05, 3.63) is 0 Å². The number of carbonyl (C=O) groups is 1. The van der Waals surface area contributed by atoms with Gasteiger partial charge in [-0.1, -0.05) is 35.2 Å². The van der Waals surface area contributed by atoms with E-state index in [4.69, 9.17) is 9.47 Å². The van der Waals surface area contributed by atoms with Crippen LogP contribution in [0.15, 0.2) is 0 Å². The van der Waals surface area contributed by atoms with Crippen LogP contribution < -0.4 is 5.32 Å². The maximum absolute atomic E-state index is 11.7. The quantitative estimate of drug-likeness (QED) is 0.577. The third-order valence-corrected chi connectivity index (χ3v) is 4.21. The minimum atomic E-state index is -0.0556. The molecule has 100 valence electrons. The molecule has 0 aromatic heterocycles. The summed E-state index contributed by atoms with van der Waals surface area (Å²) in [5, 5.41) is 3.93. The van der Waals surface area contributed by atoms with Crippen molar-refractivity contribution in [3.63, 3.8) is 0 Å². The molecule has 0 radical (unpaired) electrons. The van der Waals surface area contributed by atoms with Gasteiger partial charge in [0.2, 0.25) is 5.91 Å². The van der Waals surface area contributed by atoms with E-state index in [2.05, 4.69) is 21.2 Å². The Hall–Kier alpha value is -0.130. The lowest BCUT2D eigenvalue weighted by atomic mass is 9.83. The van der Waals surface area contributed by atoms with Gasteiger partial charge >= 0.3 is 0 Å². The van der Waals surface area contributed by atoms with Crippen LogP contribution in [0.1, 0.15) is 32.1 Å². The van der Waals surface area contributed by atoms with Crippen LogP contribution in [-0.4, -0.2) is 43.7 Å². The molecule has 1 rings (SSSR count). The van der Waals surface area contributed by atoms with Gasteiger partial charge < -0.3 is 14.8 Å². The Bertz CT molecular complexity index is 230. The molecule has 0 spiro atoms. The van der Waals surface area contributed by atoms with Gasteiger partial charge in [-0.3, -0.25) is 4.79 Å². The summed E-state index contributed by atoms with van der Waals surface area (Å²) in [6.07, 6.45) is 5.77. The first-order valence-corrected chi connectivity index (χ1v) is 7.28. The molecule has 1 N–H and O–H groups in total. The van der Waals surface area contributed by atoms with Crippen molar-refractivity contribution in [1.29, 1.82) is 0 Å². The van der Waals surface area contributed by atoms with Crippen LogP contribution in [0.5, 0.6) is 0 Å². The van der Waals surface area contributed by atoms with Gasteiger partial charge in [0.15, 0.2) is 0 Å². The molecule has 0 unspecified atom stereocenters. The number of hydrogen-bond acceptors (Lipinski definition) is 3. The molecule has 4 nitrogen and oxygen atoms in total. The summed E-state index contributed by atoms with van der Waals surface area (Å²) in [5.74, 6) is -0.0255. The van der Waals surface area contributed by atoms with E-state index in [1.54, 1.807) is 7.11 Å². The molecule has 1 aliphatic rings. The van der Waals surface area contributed by atoms with E-state index in [1.807, 2.05) is 0 Å². The Morgan fingerprint density at radius 1 is 1.29 bits per heavy atom. The first-order chi connectivity index (χ1) is 8.22. The minimum Gasteiger partial charge on any atom is -0.382 e. The molecule has 1 saturated carbocycles. The number of ether oxygens (including phenoxy) is 2. The maximum Gasteiger partial charge on any atom is 0.246 e. The summed E-state index contributed by atoms with van der Waals surface area (Å²) >= 11 is 3.51. The van der Waals surface area contributed by atoms with Gasteiger partial charge in [-0.15, -0.1) is 0 Å². The number of nitrogens with one attached hydrogen (secondary N) is 1. The van der Waals surface area contributed by atoms with Crippen molar-refractivity contribution in [2.24, 2.45) is 0 Å². The lowest BCUT2D eigenvalue weighted by Gasteiger charge is -2.36. The lowest BCUT2D eigenvalue weighted by molar-refractivity contribution is -0.128. The summed E-state index contributed by atoms with van der Waals surface area (Å²) in [4.78, 5) is 11.7. The number of rotatable bonds is 7. The van der Waals surface area contributed by atoms with Crippen molar-refractivity contribution in [2.75, 3.05) is 32.3 Å². The van der Waals surface area contributed by atoms with Gasteiger partial charge in [0.1, 0.15) is 6.61 Å². The highest BCUT2D eigenvalue weighted by molar-refractivity contribution is 9.09. The van der Waals surface area contributed by atoms with Crippen molar-refractivity contribution in [3.8, 4) is 0 Å². The summed E-state index contributed by atoms with van der Waals surface area (Å²) in [6, 6.07) is 0. The monoisotopic (exact) mass is 307 g/mol. The Morgan fingerprint density at radius 2 is 2.00 bits per heavy atom. The van der Waals surface area contributed by atoms with Crippen LogP contribution in [0.25, 0.3) is 0 Å². The molecule has 0 heterocycles. The molecule has 0 aliphatic heterocycles. The Balaban J connectivity index is 2.27. The third kappa shape index (κ3) is 5.36. The molecule has 5 heteroatoms. The number of methoxy groups -OCH3 is 1. The van der Waals surface area contributed by atoms with Gasteiger partial charge in [0.05, 0.1) is 13.2 Å². The summed E-state index contributed by atoms with van der Waals surface area (Å²) in [7, 11) is 1.62. The molecule has 1 fully saturated rings. The van der Waals surface area contributed by atoms with Crippen LogP contribution in [0, 0.1) is 0 Å². The van der Waals surface area contributed by atoms with Gasteiger partial charge in [0, 0.05) is 18.0 Å². The second kappa shape index (κ2) is 8.06. The molecular weight excluding hydrogens is 286 g/mol. The number of alkyl halides is 1. The summed E-state index contributed by atoms with van der Waals surface area (Å²) in [6.45, 7) is 1.11. The molecule has 0 bridgehead atoms. The van der Waals surface area contributed by atoms with Crippen LogP contribution in [0.2, 0.25) is 0 Å². The fourth-order valence-electron chi connectivity index (χ4n) is 2.16. The van der Waals surface area contributed by atoms with Crippen LogP contribution >= 0.6 is 15.9 Å². The Kier molecular flexibility index (Phi) is 7.08. The van der Waals surface area contributed by atoms with Gasteiger partial charge in [-0.05, 0) is 12.8 Å².